The van der Waals surface area contributed by atoms with Gasteiger partial charge in [0.05, 0.1) is 23.3 Å². The average Bonchev–Trinajstić information content (AvgIpc) is 3.23. The van der Waals surface area contributed by atoms with Gasteiger partial charge in [0, 0.05) is 31.2 Å². The first-order valence-corrected chi connectivity index (χ1v) is 11.0. The van der Waals surface area contributed by atoms with Crippen molar-refractivity contribution in [1.29, 1.82) is 0 Å². The highest BCUT2D eigenvalue weighted by Crippen LogP contribution is 2.26. The van der Waals surface area contributed by atoms with Crippen LogP contribution in [0.5, 0.6) is 0 Å². The van der Waals surface area contributed by atoms with Crippen LogP contribution in [0.4, 0.5) is 17.5 Å². The molecule has 0 saturated heterocycles. The van der Waals surface area contributed by atoms with Crippen LogP contribution in [0, 0.1) is 12.8 Å². The third-order valence-electron chi connectivity index (χ3n) is 6.01. The monoisotopic (exact) mass is 429 g/mol. The number of anilines is 3. The second-order valence-electron chi connectivity index (χ2n) is 8.40. The molecule has 0 atom stereocenters. The Hall–Kier alpha value is -3.59. The maximum Gasteiger partial charge on any atom is 0.223 e. The summed E-state index contributed by atoms with van der Waals surface area (Å²) in [6.45, 7) is 2.89. The van der Waals surface area contributed by atoms with Gasteiger partial charge in [0.1, 0.15) is 17.8 Å². The van der Waals surface area contributed by atoms with E-state index in [9.17, 15) is 0 Å². The quantitative estimate of drug-likeness (QED) is 0.426. The van der Waals surface area contributed by atoms with Gasteiger partial charge in [-0.15, -0.1) is 0 Å². The maximum atomic E-state index is 6.03. The average molecular weight is 430 g/mol. The molecule has 1 fully saturated rings. The van der Waals surface area contributed by atoms with E-state index in [0.29, 0.717) is 17.9 Å². The minimum Gasteiger partial charge on any atom is -0.354 e. The van der Waals surface area contributed by atoms with E-state index in [4.69, 9.17) is 10.7 Å². The number of fused-ring (bicyclic) bond motifs is 1. The number of nitrogens with two attached hydrogens (primary N) is 1. The summed E-state index contributed by atoms with van der Waals surface area (Å²) in [6.07, 6.45) is 13.4. The van der Waals surface area contributed by atoms with Gasteiger partial charge in [-0.05, 0) is 62.3 Å². The number of aryl methyl sites for hydroxylation is 1. The molecule has 1 aliphatic rings. The lowest BCUT2D eigenvalue weighted by atomic mass is 9.86. The topological polar surface area (TPSA) is 119 Å². The fourth-order valence-electron chi connectivity index (χ4n) is 4.16. The van der Waals surface area contributed by atoms with Gasteiger partial charge in [0.15, 0.2) is 0 Å². The van der Waals surface area contributed by atoms with Crippen molar-refractivity contribution in [2.45, 2.75) is 38.6 Å². The molecular weight excluding hydrogens is 402 g/mol. The fourth-order valence-corrected chi connectivity index (χ4v) is 4.16. The second-order valence-corrected chi connectivity index (χ2v) is 8.40. The van der Waals surface area contributed by atoms with Crippen LogP contribution in [-0.2, 0) is 0 Å². The molecule has 4 heterocycles. The smallest absolute Gasteiger partial charge is 0.223 e. The molecular formula is C23H27N9. The van der Waals surface area contributed by atoms with E-state index in [1.807, 2.05) is 48.1 Å². The third-order valence-corrected chi connectivity index (χ3v) is 6.01. The summed E-state index contributed by atoms with van der Waals surface area (Å²) >= 11 is 0. The molecule has 1 aliphatic carbocycles. The minimum atomic E-state index is 0.359. The van der Waals surface area contributed by atoms with Crippen molar-refractivity contribution in [3.8, 4) is 11.4 Å². The molecule has 0 spiro atoms. The van der Waals surface area contributed by atoms with E-state index in [1.165, 1.54) is 6.33 Å². The van der Waals surface area contributed by atoms with E-state index in [-0.39, 0.29) is 0 Å². The first-order chi connectivity index (χ1) is 15.7. The SMILES string of the molecule is Cc1cnc(NCC2CCC(N)CC2)nc1-c1cnc2ccc(Nc3ccncn3)cn12. The van der Waals surface area contributed by atoms with Crippen molar-refractivity contribution in [2.75, 3.05) is 17.2 Å². The summed E-state index contributed by atoms with van der Waals surface area (Å²) in [4.78, 5) is 22.1. The first kappa shape index (κ1) is 20.3. The summed E-state index contributed by atoms with van der Waals surface area (Å²) in [5, 5.41) is 6.73. The number of nitrogens with zero attached hydrogens (tertiary/aromatic N) is 6. The van der Waals surface area contributed by atoms with Crippen LogP contribution in [-0.4, -0.2) is 41.9 Å². The van der Waals surface area contributed by atoms with Gasteiger partial charge in [-0.2, -0.15) is 0 Å². The van der Waals surface area contributed by atoms with E-state index < -0.39 is 0 Å². The van der Waals surface area contributed by atoms with Crippen molar-refractivity contribution >= 4 is 23.1 Å². The van der Waals surface area contributed by atoms with E-state index in [0.717, 1.165) is 66.3 Å². The van der Waals surface area contributed by atoms with Crippen molar-refractivity contribution < 1.29 is 0 Å². The second kappa shape index (κ2) is 8.88. The molecule has 0 radical (unpaired) electrons. The largest absolute Gasteiger partial charge is 0.354 e. The standard InChI is InChI=1S/C23H27N9/c1-15-10-27-23(28-11-16-2-4-17(24)5-3-16)31-22(15)19-12-26-21-7-6-18(13-32(19)21)30-20-8-9-25-14-29-20/h6-10,12-14,16-17H,2-5,11,24H2,1H3,(H,25,29,30)(H,27,28,31). The Kier molecular flexibility index (Phi) is 5.64. The van der Waals surface area contributed by atoms with Gasteiger partial charge < -0.3 is 16.4 Å². The maximum absolute atomic E-state index is 6.03. The van der Waals surface area contributed by atoms with Gasteiger partial charge in [0.25, 0.3) is 0 Å². The van der Waals surface area contributed by atoms with Crippen molar-refractivity contribution in [3.63, 3.8) is 0 Å². The normalized spacial score (nSPS) is 18.6. The third kappa shape index (κ3) is 4.38. The lowest BCUT2D eigenvalue weighted by molar-refractivity contribution is 0.338. The Morgan fingerprint density at radius 3 is 2.75 bits per heavy atom. The van der Waals surface area contributed by atoms with Crippen LogP contribution < -0.4 is 16.4 Å². The molecule has 4 N–H and O–H groups in total. The zero-order valence-electron chi connectivity index (χ0n) is 18.1. The summed E-state index contributed by atoms with van der Waals surface area (Å²) in [7, 11) is 0. The van der Waals surface area contributed by atoms with Crippen LogP contribution in [0.1, 0.15) is 31.2 Å². The number of aromatic nitrogens is 6. The first-order valence-electron chi connectivity index (χ1n) is 11.0. The van der Waals surface area contributed by atoms with Crippen LogP contribution in [0.15, 0.2) is 49.3 Å². The molecule has 9 heteroatoms. The highest BCUT2D eigenvalue weighted by Gasteiger charge is 2.19. The molecule has 9 nitrogen and oxygen atoms in total. The Morgan fingerprint density at radius 1 is 1.06 bits per heavy atom. The zero-order valence-corrected chi connectivity index (χ0v) is 18.1. The van der Waals surface area contributed by atoms with Crippen molar-refractivity contribution in [2.24, 2.45) is 11.7 Å². The molecule has 0 aromatic carbocycles. The molecule has 0 bridgehead atoms. The highest BCUT2D eigenvalue weighted by atomic mass is 15.1. The molecule has 4 aromatic heterocycles. The summed E-state index contributed by atoms with van der Waals surface area (Å²) in [5.41, 5.74) is 10.5. The van der Waals surface area contributed by atoms with Crippen LogP contribution >= 0.6 is 0 Å². The Bertz CT molecular complexity index is 1200. The molecule has 0 aliphatic heterocycles. The van der Waals surface area contributed by atoms with Gasteiger partial charge in [-0.1, -0.05) is 0 Å². The van der Waals surface area contributed by atoms with Gasteiger partial charge in [-0.25, -0.2) is 24.9 Å². The number of hydrogen-bond donors (Lipinski definition) is 3. The van der Waals surface area contributed by atoms with Gasteiger partial charge in [-0.3, -0.25) is 4.40 Å². The van der Waals surface area contributed by atoms with Gasteiger partial charge >= 0.3 is 0 Å². The summed E-state index contributed by atoms with van der Waals surface area (Å²) in [6, 6.07) is 6.13. The van der Waals surface area contributed by atoms with Crippen LogP contribution in [0.25, 0.3) is 17.0 Å². The van der Waals surface area contributed by atoms with Crippen LogP contribution in [0.2, 0.25) is 0 Å². The predicted molar refractivity (Wildman–Crippen MR) is 125 cm³/mol. The number of imidazole rings is 1. The van der Waals surface area contributed by atoms with Crippen molar-refractivity contribution in [3.05, 3.63) is 54.9 Å². The van der Waals surface area contributed by atoms with E-state index >= 15 is 0 Å². The summed E-state index contributed by atoms with van der Waals surface area (Å²) < 4.78 is 2.03. The molecule has 164 valence electrons. The molecule has 4 aromatic rings. The van der Waals surface area contributed by atoms with Crippen LogP contribution in [0.3, 0.4) is 0 Å². The molecule has 0 unspecified atom stereocenters. The zero-order chi connectivity index (χ0) is 21.9. The Labute approximate surface area is 186 Å². The predicted octanol–water partition coefficient (Wildman–Crippen LogP) is 3.56. The Morgan fingerprint density at radius 2 is 1.94 bits per heavy atom. The molecule has 1 saturated carbocycles. The van der Waals surface area contributed by atoms with Crippen molar-refractivity contribution in [1.82, 2.24) is 29.3 Å². The summed E-state index contributed by atoms with van der Waals surface area (Å²) in [5.74, 6) is 1.99. The number of hydrogen-bond acceptors (Lipinski definition) is 8. The lowest BCUT2D eigenvalue weighted by Gasteiger charge is -2.26. The lowest BCUT2D eigenvalue weighted by Crippen LogP contribution is -2.29. The molecule has 32 heavy (non-hydrogen) atoms. The number of pyridine rings is 1. The number of nitrogens with one attached hydrogen (secondary N) is 2. The Balaban J connectivity index is 1.39. The van der Waals surface area contributed by atoms with Gasteiger partial charge in [0.2, 0.25) is 5.95 Å². The van der Waals surface area contributed by atoms with E-state index in [1.54, 1.807) is 6.20 Å². The molecule has 0 amide bonds. The minimum absolute atomic E-state index is 0.359. The van der Waals surface area contributed by atoms with E-state index in [2.05, 4.69) is 30.6 Å². The highest BCUT2D eigenvalue weighted by molar-refractivity contribution is 5.66. The number of rotatable bonds is 6. The fraction of sp³-hybridized carbons (Fsp3) is 0.348. The molecule has 5 rings (SSSR count).